The highest BCUT2D eigenvalue weighted by molar-refractivity contribution is 7.45. The van der Waals surface area contributed by atoms with Crippen molar-refractivity contribution in [2.24, 2.45) is 4.99 Å². The highest BCUT2D eigenvalue weighted by atomic mass is 31.2. The van der Waals surface area contributed by atoms with Gasteiger partial charge in [0.05, 0.1) is 6.04 Å². The minimum Gasteiger partial charge on any atom is -0.479 e. The van der Waals surface area contributed by atoms with Gasteiger partial charge < -0.3 is 19.4 Å². The molecule has 22 heavy (non-hydrogen) atoms. The van der Waals surface area contributed by atoms with E-state index in [0.717, 1.165) is 24.3 Å². The predicted molar refractivity (Wildman–Crippen MR) is 81.9 cm³/mol. The van der Waals surface area contributed by atoms with Gasteiger partial charge in [-0.2, -0.15) is 0 Å². The molecule has 0 saturated carbocycles. The molecule has 1 heterocycles. The van der Waals surface area contributed by atoms with E-state index in [2.05, 4.69) is 4.99 Å². The van der Waals surface area contributed by atoms with Crippen LogP contribution in [0.2, 0.25) is 0 Å². The van der Waals surface area contributed by atoms with Crippen molar-refractivity contribution in [1.82, 2.24) is 0 Å². The van der Waals surface area contributed by atoms with Gasteiger partial charge in [0, 0.05) is 12.5 Å². The predicted octanol–water partition coefficient (Wildman–Crippen LogP) is 1.71. The molecular formula is C14H20NO6P. The standard InChI is InChI=1S/C14H17NO2.H3O4P/c1-10(16)13-6-3-12(4-7-13)5-8-14-9-17-11(2)15-14;1-5(2,3)4/h3-4,6-7,14H,5,8-9H2,1-2H3;(H3,1,2,3,4). The van der Waals surface area contributed by atoms with E-state index in [0.29, 0.717) is 12.6 Å². The van der Waals surface area contributed by atoms with Crippen molar-refractivity contribution < 1.29 is 28.8 Å². The van der Waals surface area contributed by atoms with Gasteiger partial charge in [0.2, 0.25) is 0 Å². The lowest BCUT2D eigenvalue weighted by Gasteiger charge is -2.05. The molecule has 0 aliphatic carbocycles. The molecule has 1 aromatic rings. The number of carbonyl (C=O) groups excluding carboxylic acids is 1. The average Bonchev–Trinajstić information content (AvgIpc) is 2.81. The molecule has 0 aromatic heterocycles. The Morgan fingerprint density at radius 3 is 2.27 bits per heavy atom. The Morgan fingerprint density at radius 2 is 1.86 bits per heavy atom. The third kappa shape index (κ3) is 8.05. The molecule has 0 saturated heterocycles. The lowest BCUT2D eigenvalue weighted by atomic mass is 10.0. The summed E-state index contributed by atoms with van der Waals surface area (Å²) >= 11 is 0. The average molecular weight is 329 g/mol. The van der Waals surface area contributed by atoms with Gasteiger partial charge in [0.15, 0.2) is 11.7 Å². The number of carbonyl (C=O) groups is 1. The molecular weight excluding hydrogens is 309 g/mol. The summed E-state index contributed by atoms with van der Waals surface area (Å²) in [5, 5.41) is 0. The SMILES string of the molecule is CC(=O)c1ccc(CCC2COC(C)=N2)cc1.O=P(O)(O)O. The number of aliphatic imine (C=N–C) groups is 1. The summed E-state index contributed by atoms with van der Waals surface area (Å²) in [7, 11) is -4.64. The fraction of sp³-hybridized carbons (Fsp3) is 0.429. The molecule has 1 unspecified atom stereocenters. The monoisotopic (exact) mass is 329 g/mol. The number of Topliss-reactive ketones (excluding diaryl/α,β-unsaturated/α-hetero) is 1. The molecule has 1 aliphatic heterocycles. The first-order valence-corrected chi connectivity index (χ1v) is 8.27. The second kappa shape index (κ2) is 8.19. The molecule has 122 valence electrons. The first-order valence-electron chi connectivity index (χ1n) is 6.70. The van der Waals surface area contributed by atoms with Gasteiger partial charge in [0.25, 0.3) is 0 Å². The number of aryl methyl sites for hydroxylation is 1. The van der Waals surface area contributed by atoms with Crippen LogP contribution in [0.5, 0.6) is 0 Å². The third-order valence-electron chi connectivity index (χ3n) is 2.98. The van der Waals surface area contributed by atoms with Crippen molar-refractivity contribution in [2.45, 2.75) is 32.7 Å². The Morgan fingerprint density at radius 1 is 1.32 bits per heavy atom. The summed E-state index contributed by atoms with van der Waals surface area (Å²) in [6.07, 6.45) is 1.97. The second-order valence-electron chi connectivity index (χ2n) is 4.92. The van der Waals surface area contributed by atoms with E-state index in [1.54, 1.807) is 6.92 Å². The third-order valence-corrected chi connectivity index (χ3v) is 2.98. The molecule has 7 nitrogen and oxygen atoms in total. The van der Waals surface area contributed by atoms with Gasteiger partial charge >= 0.3 is 7.82 Å². The van der Waals surface area contributed by atoms with E-state index in [1.165, 1.54) is 5.56 Å². The van der Waals surface area contributed by atoms with Crippen LogP contribution in [-0.4, -0.2) is 39.0 Å². The van der Waals surface area contributed by atoms with Crippen molar-refractivity contribution >= 4 is 19.5 Å². The van der Waals surface area contributed by atoms with E-state index in [-0.39, 0.29) is 5.78 Å². The zero-order valence-corrected chi connectivity index (χ0v) is 13.4. The number of hydrogen-bond acceptors (Lipinski definition) is 4. The molecule has 0 bridgehead atoms. The molecule has 8 heteroatoms. The minimum absolute atomic E-state index is 0.112. The van der Waals surface area contributed by atoms with Crippen molar-refractivity contribution in [1.29, 1.82) is 0 Å². The van der Waals surface area contributed by atoms with Gasteiger partial charge in [-0.25, -0.2) is 9.56 Å². The van der Waals surface area contributed by atoms with E-state index in [4.69, 9.17) is 24.0 Å². The zero-order valence-electron chi connectivity index (χ0n) is 12.5. The molecule has 2 rings (SSSR count). The lowest BCUT2D eigenvalue weighted by molar-refractivity contribution is 0.101. The normalized spacial score (nSPS) is 17.1. The summed E-state index contributed by atoms with van der Waals surface area (Å²) in [4.78, 5) is 37.1. The fourth-order valence-corrected chi connectivity index (χ4v) is 1.94. The lowest BCUT2D eigenvalue weighted by Crippen LogP contribution is -2.07. The fourth-order valence-electron chi connectivity index (χ4n) is 1.94. The smallest absolute Gasteiger partial charge is 0.466 e. The van der Waals surface area contributed by atoms with Crippen molar-refractivity contribution in [2.75, 3.05) is 6.61 Å². The van der Waals surface area contributed by atoms with E-state index < -0.39 is 7.82 Å². The van der Waals surface area contributed by atoms with Crippen LogP contribution >= 0.6 is 7.82 Å². The second-order valence-corrected chi connectivity index (χ2v) is 5.94. The number of nitrogens with zero attached hydrogens (tertiary/aromatic N) is 1. The molecule has 0 radical (unpaired) electrons. The van der Waals surface area contributed by atoms with Crippen molar-refractivity contribution in [3.63, 3.8) is 0 Å². The maximum absolute atomic E-state index is 11.1. The van der Waals surface area contributed by atoms with Crippen LogP contribution in [0.1, 0.15) is 36.2 Å². The number of ether oxygens (including phenoxy) is 1. The van der Waals surface area contributed by atoms with Crippen LogP contribution < -0.4 is 0 Å². The van der Waals surface area contributed by atoms with E-state index in [1.807, 2.05) is 31.2 Å². The number of ketones is 1. The summed E-state index contributed by atoms with van der Waals surface area (Å²) in [5.41, 5.74) is 2.02. The number of phosphoric acid groups is 1. The summed E-state index contributed by atoms with van der Waals surface area (Å²) in [5.74, 6) is 0.905. The number of rotatable bonds is 4. The Balaban J connectivity index is 0.000000422. The van der Waals surface area contributed by atoms with Gasteiger partial charge in [0.1, 0.15) is 6.61 Å². The highest BCUT2D eigenvalue weighted by Gasteiger charge is 2.15. The van der Waals surface area contributed by atoms with E-state index >= 15 is 0 Å². The zero-order chi connectivity index (χ0) is 16.8. The largest absolute Gasteiger partial charge is 0.479 e. The summed E-state index contributed by atoms with van der Waals surface area (Å²) in [6, 6.07) is 8.10. The van der Waals surface area contributed by atoms with Crippen molar-refractivity contribution in [3.8, 4) is 0 Å². The highest BCUT2D eigenvalue weighted by Crippen LogP contribution is 2.25. The Bertz CT molecular complexity index is 569. The van der Waals surface area contributed by atoms with Crippen LogP contribution in [0, 0.1) is 0 Å². The molecule has 1 aliphatic rings. The molecule has 0 amide bonds. The van der Waals surface area contributed by atoms with Crippen LogP contribution in [0.4, 0.5) is 0 Å². The summed E-state index contributed by atoms with van der Waals surface area (Å²) < 4.78 is 14.2. The molecule has 1 aromatic carbocycles. The minimum atomic E-state index is -4.64. The Hall–Kier alpha value is -1.53. The topological polar surface area (TPSA) is 116 Å². The first-order chi connectivity index (χ1) is 10.1. The maximum Gasteiger partial charge on any atom is 0.466 e. The van der Waals surface area contributed by atoms with Crippen LogP contribution in [0.15, 0.2) is 29.3 Å². The Kier molecular flexibility index (Phi) is 6.90. The molecule has 3 N–H and O–H groups in total. The molecule has 1 atom stereocenters. The molecule has 0 fully saturated rings. The maximum atomic E-state index is 11.1. The summed E-state index contributed by atoms with van der Waals surface area (Å²) in [6.45, 7) is 4.18. The van der Waals surface area contributed by atoms with E-state index in [9.17, 15) is 4.79 Å². The number of benzene rings is 1. The van der Waals surface area contributed by atoms with Gasteiger partial charge in [-0.1, -0.05) is 24.3 Å². The first kappa shape index (κ1) is 18.5. The van der Waals surface area contributed by atoms with Gasteiger partial charge in [-0.3, -0.25) is 4.79 Å². The van der Waals surface area contributed by atoms with Crippen LogP contribution in [0.3, 0.4) is 0 Å². The number of hydrogen-bond donors (Lipinski definition) is 3. The van der Waals surface area contributed by atoms with Gasteiger partial charge in [-0.05, 0) is 25.3 Å². The van der Waals surface area contributed by atoms with Crippen LogP contribution in [-0.2, 0) is 15.7 Å². The quantitative estimate of drug-likeness (QED) is 0.572. The van der Waals surface area contributed by atoms with Crippen LogP contribution in [0.25, 0.3) is 0 Å². The Labute approximate surface area is 128 Å². The van der Waals surface area contributed by atoms with Gasteiger partial charge in [-0.15, -0.1) is 0 Å². The van der Waals surface area contributed by atoms with Crippen molar-refractivity contribution in [3.05, 3.63) is 35.4 Å². The molecule has 0 spiro atoms.